The fraction of sp³-hybridized carbons (Fsp3) is 0.318. The Morgan fingerprint density at radius 3 is 1.94 bits per heavy atom. The molecule has 3 N–H and O–H groups in total. The van der Waals surface area contributed by atoms with Crippen LogP contribution in [0, 0.1) is 5.82 Å². The van der Waals surface area contributed by atoms with E-state index in [0.29, 0.717) is 18.4 Å². The van der Waals surface area contributed by atoms with Crippen molar-refractivity contribution in [2.24, 2.45) is 5.73 Å². The van der Waals surface area contributed by atoms with Crippen LogP contribution >= 0.6 is 0 Å². The number of aliphatic carboxylic acids is 1. The van der Waals surface area contributed by atoms with E-state index in [1.807, 2.05) is 6.92 Å². The van der Waals surface area contributed by atoms with Crippen molar-refractivity contribution in [3.05, 3.63) is 71.6 Å². The average Bonchev–Trinajstić information content (AvgIpc) is 2.68. The highest BCUT2D eigenvalue weighted by Gasteiger charge is 2.50. The maximum Gasteiger partial charge on any atom is 0.341 e. The van der Waals surface area contributed by atoms with E-state index in [0.717, 1.165) is 12.1 Å². The van der Waals surface area contributed by atoms with Gasteiger partial charge in [-0.1, -0.05) is 24.3 Å². The minimum atomic E-state index is -4.01. The van der Waals surface area contributed by atoms with Crippen LogP contribution in [0.3, 0.4) is 0 Å². The molecule has 0 spiro atoms. The maximum atomic E-state index is 13.7. The van der Waals surface area contributed by atoms with Gasteiger partial charge in [0.1, 0.15) is 16.1 Å². The van der Waals surface area contributed by atoms with Crippen LogP contribution in [-0.2, 0) is 19.4 Å². The van der Waals surface area contributed by atoms with Crippen molar-refractivity contribution < 1.29 is 31.5 Å². The minimum absolute atomic E-state index is 0.0560. The smallest absolute Gasteiger partial charge is 0.341 e. The maximum absolute atomic E-state index is 13.7. The van der Waals surface area contributed by atoms with E-state index in [9.17, 15) is 26.4 Å². The first-order valence-corrected chi connectivity index (χ1v) is 11.1. The fourth-order valence-corrected chi connectivity index (χ4v) is 6.16. The van der Waals surface area contributed by atoms with Crippen LogP contribution in [0.2, 0.25) is 0 Å². The Balaban J connectivity index is 2.14. The summed E-state index contributed by atoms with van der Waals surface area (Å²) in [7, 11) is -4.01. The number of hydrogen-bond donors (Lipinski definition) is 2. The number of carbonyl (C=O) groups is 1. The van der Waals surface area contributed by atoms with E-state index in [-0.39, 0.29) is 23.3 Å². The molecule has 0 heterocycles. The summed E-state index contributed by atoms with van der Waals surface area (Å²) in [4.78, 5) is 11.1. The van der Waals surface area contributed by atoms with Crippen molar-refractivity contribution in [3.63, 3.8) is 0 Å². The summed E-state index contributed by atoms with van der Waals surface area (Å²) in [6, 6.07) is 9.60. The molecule has 2 aromatic rings. The average molecular weight is 453 g/mol. The molecule has 5 nitrogen and oxygen atoms in total. The van der Waals surface area contributed by atoms with Gasteiger partial charge in [-0.3, -0.25) is 0 Å². The second kappa shape index (κ2) is 8.12. The third-order valence-electron chi connectivity index (χ3n) is 5.94. The molecule has 0 aromatic heterocycles. The second-order valence-electron chi connectivity index (χ2n) is 8.12. The fourth-order valence-electron chi connectivity index (χ4n) is 4.03. The van der Waals surface area contributed by atoms with Crippen molar-refractivity contribution in [2.75, 3.05) is 0 Å². The van der Waals surface area contributed by atoms with E-state index in [4.69, 9.17) is 10.8 Å². The molecule has 0 aliphatic heterocycles. The summed E-state index contributed by atoms with van der Waals surface area (Å²) in [5.74, 6) is -2.35. The lowest BCUT2D eigenvalue weighted by Gasteiger charge is -2.43. The molecule has 0 unspecified atom stereocenters. The minimum Gasteiger partial charge on any atom is -0.477 e. The lowest BCUT2D eigenvalue weighted by Crippen LogP contribution is -2.48. The number of halogens is 3. The molecule has 0 saturated heterocycles. The van der Waals surface area contributed by atoms with Crippen LogP contribution in [-0.4, -0.2) is 25.0 Å². The third-order valence-corrected chi connectivity index (χ3v) is 8.51. The Bertz CT molecular complexity index is 1110. The van der Waals surface area contributed by atoms with Gasteiger partial charge in [0.2, 0.25) is 0 Å². The number of rotatable bonds is 5. The number of carboxylic acids is 1. The van der Waals surface area contributed by atoms with E-state index < -0.39 is 43.6 Å². The number of nitrogens with two attached hydrogens (primary N) is 1. The molecule has 1 aliphatic carbocycles. The summed E-state index contributed by atoms with van der Waals surface area (Å²) in [6.07, 6.45) is -1.19. The highest BCUT2D eigenvalue weighted by atomic mass is 32.2. The number of hydrogen-bond acceptors (Lipinski definition) is 4. The van der Waals surface area contributed by atoms with Gasteiger partial charge in [-0.25, -0.2) is 17.6 Å². The van der Waals surface area contributed by atoms with Crippen LogP contribution in [0.15, 0.2) is 59.5 Å². The topological polar surface area (TPSA) is 97.5 Å². The van der Waals surface area contributed by atoms with Gasteiger partial charge in [-0.2, -0.15) is 8.78 Å². The number of sulfone groups is 1. The summed E-state index contributed by atoms with van der Waals surface area (Å²) in [5, 5.41) is 9.05. The van der Waals surface area contributed by atoms with Crippen molar-refractivity contribution in [3.8, 4) is 0 Å². The zero-order valence-corrected chi connectivity index (χ0v) is 17.6. The normalized spacial score (nSPS) is 23.9. The van der Waals surface area contributed by atoms with Gasteiger partial charge in [-0.05, 0) is 68.0 Å². The van der Waals surface area contributed by atoms with Crippen molar-refractivity contribution in [1.29, 1.82) is 0 Å². The van der Waals surface area contributed by atoms with Crippen LogP contribution in [0.5, 0.6) is 0 Å². The van der Waals surface area contributed by atoms with E-state index >= 15 is 0 Å². The highest BCUT2D eigenvalue weighted by Crippen LogP contribution is 2.49. The van der Waals surface area contributed by atoms with Crippen LogP contribution < -0.4 is 5.73 Å². The van der Waals surface area contributed by atoms with Gasteiger partial charge < -0.3 is 10.8 Å². The zero-order valence-electron chi connectivity index (χ0n) is 16.7. The largest absolute Gasteiger partial charge is 0.477 e. The SMILES string of the molecule is CC1(N)CCC(c2ccc(C(C(=O)O)=C(F)F)cc2)(S(=O)(=O)c2ccc(F)cc2)CC1. The Labute approximate surface area is 178 Å². The first-order valence-electron chi connectivity index (χ1n) is 9.58. The number of benzene rings is 2. The molecule has 1 saturated carbocycles. The molecule has 3 rings (SSSR count). The molecule has 0 atom stereocenters. The molecule has 0 radical (unpaired) electrons. The molecule has 0 amide bonds. The van der Waals surface area contributed by atoms with Crippen LogP contribution in [0.25, 0.3) is 5.57 Å². The van der Waals surface area contributed by atoms with Gasteiger partial charge in [0, 0.05) is 5.54 Å². The first kappa shape index (κ1) is 23.0. The molecule has 1 aliphatic rings. The Kier molecular flexibility index (Phi) is 6.03. The van der Waals surface area contributed by atoms with Crippen LogP contribution in [0.4, 0.5) is 13.2 Å². The molecule has 2 aromatic carbocycles. The van der Waals surface area contributed by atoms with Gasteiger partial charge in [-0.15, -0.1) is 0 Å². The van der Waals surface area contributed by atoms with E-state index in [1.54, 1.807) is 0 Å². The Morgan fingerprint density at radius 1 is 0.968 bits per heavy atom. The zero-order chi connectivity index (χ0) is 23.0. The highest BCUT2D eigenvalue weighted by molar-refractivity contribution is 7.92. The lowest BCUT2D eigenvalue weighted by molar-refractivity contribution is -0.130. The Morgan fingerprint density at radius 2 is 1.48 bits per heavy atom. The van der Waals surface area contributed by atoms with Crippen molar-refractivity contribution in [2.45, 2.75) is 47.8 Å². The molecule has 0 bridgehead atoms. The molecular formula is C22H22F3NO4S. The van der Waals surface area contributed by atoms with Gasteiger partial charge in [0.25, 0.3) is 6.08 Å². The lowest BCUT2D eigenvalue weighted by atomic mass is 9.75. The van der Waals surface area contributed by atoms with E-state index in [2.05, 4.69) is 0 Å². The summed E-state index contributed by atoms with van der Waals surface area (Å²) in [5.41, 5.74) is 4.63. The Hall–Kier alpha value is -2.65. The van der Waals surface area contributed by atoms with Crippen LogP contribution in [0.1, 0.15) is 43.7 Å². The molecule has 9 heteroatoms. The van der Waals surface area contributed by atoms with Gasteiger partial charge in [0.05, 0.1) is 4.90 Å². The predicted molar refractivity (Wildman–Crippen MR) is 110 cm³/mol. The summed E-state index contributed by atoms with van der Waals surface area (Å²) in [6.45, 7) is 1.83. The van der Waals surface area contributed by atoms with Gasteiger partial charge in [0.15, 0.2) is 9.84 Å². The van der Waals surface area contributed by atoms with Gasteiger partial charge >= 0.3 is 5.97 Å². The quantitative estimate of drug-likeness (QED) is 0.514. The summed E-state index contributed by atoms with van der Waals surface area (Å²) >= 11 is 0. The monoisotopic (exact) mass is 453 g/mol. The van der Waals surface area contributed by atoms with E-state index in [1.165, 1.54) is 36.4 Å². The van der Waals surface area contributed by atoms with Crippen molar-refractivity contribution in [1.82, 2.24) is 0 Å². The summed E-state index contributed by atoms with van der Waals surface area (Å²) < 4.78 is 65.4. The first-order chi connectivity index (χ1) is 14.4. The standard InChI is InChI=1S/C22H22F3NO4S/c1-21(26)10-12-22(13-11-21,31(29,30)17-8-6-16(23)7-9-17)15-4-2-14(3-5-15)18(19(24)25)20(27)28/h2-9H,10-13,26H2,1H3,(H,27,28). The van der Waals surface area contributed by atoms with Crippen molar-refractivity contribution >= 4 is 21.4 Å². The molecule has 31 heavy (non-hydrogen) atoms. The molecular weight excluding hydrogens is 431 g/mol. The molecule has 1 fully saturated rings. The number of carboxylic acid groups (broad SMARTS) is 1. The second-order valence-corrected chi connectivity index (χ2v) is 10.4. The molecule has 166 valence electrons. The predicted octanol–water partition coefficient (Wildman–Crippen LogP) is 4.48. The third kappa shape index (κ3) is 4.24.